The summed E-state index contributed by atoms with van der Waals surface area (Å²) in [6, 6.07) is 4.08. The summed E-state index contributed by atoms with van der Waals surface area (Å²) in [6.45, 7) is 4.89. The van der Waals surface area contributed by atoms with E-state index in [4.69, 9.17) is 10.7 Å². The molecule has 1 aliphatic carbocycles. The lowest BCUT2D eigenvalue weighted by Crippen LogP contribution is -2.52. The third-order valence-electron chi connectivity index (χ3n) is 6.68. The molecule has 0 aromatic carbocycles. The Morgan fingerprint density at radius 1 is 1.16 bits per heavy atom. The van der Waals surface area contributed by atoms with E-state index < -0.39 is 0 Å². The molecule has 8 heteroatoms. The minimum absolute atomic E-state index is 0.0536. The zero-order valence-electron chi connectivity index (χ0n) is 18.9. The van der Waals surface area contributed by atoms with Gasteiger partial charge in [0.15, 0.2) is 0 Å². The van der Waals surface area contributed by atoms with Crippen LogP contribution in [0.25, 0.3) is 11.1 Å². The van der Waals surface area contributed by atoms with Crippen molar-refractivity contribution in [1.29, 1.82) is 0 Å². The molecule has 1 atom stereocenters. The third-order valence-corrected chi connectivity index (χ3v) is 6.68. The minimum Gasteiger partial charge on any atom is -0.368 e. The molecule has 2 aromatic heterocycles. The van der Waals surface area contributed by atoms with E-state index >= 15 is 0 Å². The van der Waals surface area contributed by atoms with E-state index in [1.54, 1.807) is 19.3 Å². The lowest BCUT2D eigenvalue weighted by atomic mass is 9.79. The number of pyridine rings is 1. The van der Waals surface area contributed by atoms with Crippen LogP contribution in [-0.2, 0) is 9.59 Å². The summed E-state index contributed by atoms with van der Waals surface area (Å²) in [4.78, 5) is 39.9. The molecule has 1 saturated heterocycles. The first kappa shape index (κ1) is 22.2. The average molecular weight is 437 g/mol. The number of anilines is 1. The van der Waals surface area contributed by atoms with Crippen LogP contribution >= 0.6 is 0 Å². The molecule has 3 N–H and O–H groups in total. The monoisotopic (exact) mass is 436 g/mol. The molecule has 2 fully saturated rings. The summed E-state index contributed by atoms with van der Waals surface area (Å²) in [5, 5.41) is 3.11. The summed E-state index contributed by atoms with van der Waals surface area (Å²) in [7, 11) is 0. The Hall–Kier alpha value is -3.03. The fourth-order valence-corrected chi connectivity index (χ4v) is 5.13. The van der Waals surface area contributed by atoms with Crippen molar-refractivity contribution in [2.24, 2.45) is 0 Å². The highest BCUT2D eigenvalue weighted by Gasteiger charge is 2.38. The Labute approximate surface area is 189 Å². The predicted octanol–water partition coefficient (Wildman–Crippen LogP) is 2.97. The summed E-state index contributed by atoms with van der Waals surface area (Å²) < 4.78 is 0. The van der Waals surface area contributed by atoms with E-state index in [1.807, 2.05) is 17.9 Å². The molecular weight excluding hydrogens is 404 g/mol. The van der Waals surface area contributed by atoms with Gasteiger partial charge >= 0.3 is 0 Å². The highest BCUT2D eigenvalue weighted by molar-refractivity contribution is 5.80. The highest BCUT2D eigenvalue weighted by Crippen LogP contribution is 2.34. The molecule has 8 nitrogen and oxygen atoms in total. The van der Waals surface area contributed by atoms with E-state index in [-0.39, 0.29) is 29.2 Å². The number of aryl methyl sites for hydroxylation is 1. The minimum atomic E-state index is -0.386. The highest BCUT2D eigenvalue weighted by atomic mass is 16.2. The summed E-state index contributed by atoms with van der Waals surface area (Å²) in [6.07, 6.45) is 9.74. The lowest BCUT2D eigenvalue weighted by molar-refractivity contribution is -0.133. The Bertz CT molecular complexity index is 984. The Morgan fingerprint density at radius 3 is 2.56 bits per heavy atom. The molecule has 32 heavy (non-hydrogen) atoms. The number of carbonyl (C=O) groups is 2. The molecule has 0 radical (unpaired) electrons. The van der Waals surface area contributed by atoms with Gasteiger partial charge in [0.05, 0.1) is 0 Å². The Morgan fingerprint density at radius 2 is 1.88 bits per heavy atom. The van der Waals surface area contributed by atoms with Gasteiger partial charge in [-0.25, -0.2) is 9.97 Å². The Balaban J connectivity index is 1.46. The summed E-state index contributed by atoms with van der Waals surface area (Å²) in [5.41, 5.74) is 9.04. The fraction of sp³-hybridized carbons (Fsp3) is 0.542. The van der Waals surface area contributed by atoms with Crippen LogP contribution < -0.4 is 11.1 Å². The van der Waals surface area contributed by atoms with Crippen LogP contribution in [0.5, 0.6) is 0 Å². The van der Waals surface area contributed by atoms with Gasteiger partial charge < -0.3 is 16.0 Å². The summed E-state index contributed by atoms with van der Waals surface area (Å²) in [5.74, 6) is 0.514. The van der Waals surface area contributed by atoms with Gasteiger partial charge in [-0.2, -0.15) is 0 Å². The number of nitrogens with zero attached hydrogens (tertiary/aromatic N) is 4. The molecule has 0 unspecified atom stereocenters. The van der Waals surface area contributed by atoms with Crippen molar-refractivity contribution < 1.29 is 9.59 Å². The van der Waals surface area contributed by atoms with E-state index in [1.165, 1.54) is 6.42 Å². The number of rotatable bonds is 5. The first-order chi connectivity index (χ1) is 15.3. The maximum Gasteiger partial charge on any atom is 0.224 e. The normalized spacial score (nSPS) is 20.2. The molecule has 2 amide bonds. The average Bonchev–Trinajstić information content (AvgIpc) is 3.24. The van der Waals surface area contributed by atoms with Crippen LogP contribution in [0.2, 0.25) is 0 Å². The van der Waals surface area contributed by atoms with Crippen LogP contribution in [0.4, 0.5) is 5.95 Å². The molecule has 2 aliphatic rings. The molecule has 0 spiro atoms. The number of likely N-dealkylation sites (tertiary alicyclic amines) is 1. The fourth-order valence-electron chi connectivity index (χ4n) is 5.13. The molecule has 170 valence electrons. The predicted molar refractivity (Wildman–Crippen MR) is 123 cm³/mol. The van der Waals surface area contributed by atoms with Gasteiger partial charge in [0.2, 0.25) is 17.8 Å². The second-order valence-corrected chi connectivity index (χ2v) is 9.28. The first-order valence-corrected chi connectivity index (χ1v) is 11.5. The van der Waals surface area contributed by atoms with Crippen LogP contribution in [-0.4, -0.2) is 50.3 Å². The molecule has 3 heterocycles. The van der Waals surface area contributed by atoms with Crippen molar-refractivity contribution in [3.63, 3.8) is 0 Å². The molecular formula is C24H32N6O2. The molecule has 4 rings (SSSR count). The SMILES string of the molecule is CC(=O)NC1(CC(=O)N2CC[C@@H](c3cc(-c4cnc(N)nc4)cc(C)n3)C2)CCCCC1. The van der Waals surface area contributed by atoms with Crippen LogP contribution in [0, 0.1) is 6.92 Å². The van der Waals surface area contributed by atoms with Crippen molar-refractivity contribution in [3.05, 3.63) is 35.9 Å². The maximum atomic E-state index is 13.2. The standard InChI is InChI=1S/C24H32N6O2/c1-16-10-19(20-13-26-23(25)27-14-20)11-21(28-16)18-6-9-30(15-18)22(32)12-24(29-17(2)31)7-4-3-5-8-24/h10-11,13-14,18H,3-9,12,15H2,1-2H3,(H,29,31)(H2,25,26,27)/t18-/m1/s1. The van der Waals surface area contributed by atoms with E-state index in [9.17, 15) is 9.59 Å². The van der Waals surface area contributed by atoms with Crippen molar-refractivity contribution >= 4 is 17.8 Å². The number of nitrogens with two attached hydrogens (primary N) is 1. The molecule has 1 aliphatic heterocycles. The largest absolute Gasteiger partial charge is 0.368 e. The second-order valence-electron chi connectivity index (χ2n) is 9.28. The van der Waals surface area contributed by atoms with Crippen molar-refractivity contribution in [2.45, 2.75) is 70.3 Å². The van der Waals surface area contributed by atoms with Crippen LogP contribution in [0.15, 0.2) is 24.5 Å². The van der Waals surface area contributed by atoms with E-state index in [2.05, 4.69) is 21.4 Å². The van der Waals surface area contributed by atoms with Crippen molar-refractivity contribution in [1.82, 2.24) is 25.2 Å². The van der Waals surface area contributed by atoms with Gasteiger partial charge in [0, 0.05) is 67.2 Å². The second kappa shape index (κ2) is 9.22. The number of nitrogen functional groups attached to an aromatic ring is 1. The molecule has 1 saturated carbocycles. The zero-order valence-corrected chi connectivity index (χ0v) is 18.9. The number of carbonyl (C=O) groups excluding carboxylic acids is 2. The van der Waals surface area contributed by atoms with Crippen molar-refractivity contribution in [3.8, 4) is 11.1 Å². The number of nitrogens with one attached hydrogen (secondary N) is 1. The number of hydrogen-bond acceptors (Lipinski definition) is 6. The van der Waals surface area contributed by atoms with Gasteiger partial charge in [0.1, 0.15) is 0 Å². The smallest absolute Gasteiger partial charge is 0.224 e. The zero-order chi connectivity index (χ0) is 22.7. The van der Waals surface area contributed by atoms with Crippen LogP contribution in [0.1, 0.15) is 69.2 Å². The van der Waals surface area contributed by atoms with Gasteiger partial charge in [-0.15, -0.1) is 0 Å². The van der Waals surface area contributed by atoms with Crippen molar-refractivity contribution in [2.75, 3.05) is 18.8 Å². The lowest BCUT2D eigenvalue weighted by Gasteiger charge is -2.38. The Kier molecular flexibility index (Phi) is 6.39. The van der Waals surface area contributed by atoms with Gasteiger partial charge in [0.25, 0.3) is 0 Å². The third kappa shape index (κ3) is 5.06. The number of aromatic nitrogens is 3. The van der Waals surface area contributed by atoms with Gasteiger partial charge in [-0.1, -0.05) is 19.3 Å². The first-order valence-electron chi connectivity index (χ1n) is 11.5. The maximum absolute atomic E-state index is 13.2. The number of amides is 2. The molecule has 2 aromatic rings. The van der Waals surface area contributed by atoms with Crippen LogP contribution in [0.3, 0.4) is 0 Å². The quantitative estimate of drug-likeness (QED) is 0.745. The number of hydrogen-bond donors (Lipinski definition) is 2. The van der Waals surface area contributed by atoms with Gasteiger partial charge in [-0.3, -0.25) is 14.6 Å². The van der Waals surface area contributed by atoms with E-state index in [0.29, 0.717) is 13.0 Å². The summed E-state index contributed by atoms with van der Waals surface area (Å²) >= 11 is 0. The molecule has 0 bridgehead atoms. The van der Waals surface area contributed by atoms with E-state index in [0.717, 1.165) is 61.2 Å². The van der Waals surface area contributed by atoms with Gasteiger partial charge in [-0.05, 0) is 43.9 Å². The topological polar surface area (TPSA) is 114 Å².